The highest BCUT2D eigenvalue weighted by Crippen LogP contribution is 2.21. The summed E-state index contributed by atoms with van der Waals surface area (Å²) in [7, 11) is 0. The third-order valence-corrected chi connectivity index (χ3v) is 4.13. The summed E-state index contributed by atoms with van der Waals surface area (Å²) in [6, 6.07) is 15.2. The van der Waals surface area contributed by atoms with E-state index in [0.29, 0.717) is 34.2 Å². The molecule has 0 radical (unpaired) electrons. The molecule has 3 rings (SSSR count). The number of aromatic nitrogens is 1. The zero-order valence-corrected chi connectivity index (χ0v) is 14.8. The Labute approximate surface area is 156 Å². The van der Waals surface area contributed by atoms with Crippen molar-refractivity contribution in [3.05, 3.63) is 88.3 Å². The van der Waals surface area contributed by atoms with E-state index < -0.39 is 0 Å². The molecule has 0 aliphatic rings. The van der Waals surface area contributed by atoms with Crippen LogP contribution in [0.3, 0.4) is 0 Å². The van der Waals surface area contributed by atoms with Gasteiger partial charge in [-0.2, -0.15) is 0 Å². The molecule has 0 unspecified atom stereocenters. The second kappa shape index (κ2) is 7.97. The first kappa shape index (κ1) is 17.9. The lowest BCUT2D eigenvalue weighted by molar-refractivity contribution is 0.102. The van der Waals surface area contributed by atoms with Crippen LogP contribution in [0.2, 0.25) is 5.02 Å². The van der Waals surface area contributed by atoms with Crippen LogP contribution in [0.1, 0.15) is 21.5 Å². The number of aryl methyl sites for hydroxylation is 1. The summed E-state index contributed by atoms with van der Waals surface area (Å²) < 4.78 is 13.6. The fourth-order valence-corrected chi connectivity index (χ4v) is 2.56. The smallest absolute Gasteiger partial charge is 0.257 e. The van der Waals surface area contributed by atoms with Gasteiger partial charge in [0.15, 0.2) is 0 Å². The van der Waals surface area contributed by atoms with Crippen molar-refractivity contribution < 1.29 is 9.18 Å². The summed E-state index contributed by atoms with van der Waals surface area (Å²) >= 11 is 5.96. The largest absolute Gasteiger partial charge is 0.366 e. The normalized spacial score (nSPS) is 10.4. The first-order valence-electron chi connectivity index (χ1n) is 8.04. The zero-order chi connectivity index (χ0) is 18.5. The van der Waals surface area contributed by atoms with Crippen LogP contribution >= 0.6 is 11.6 Å². The number of nitrogens with one attached hydrogen (secondary N) is 2. The maximum atomic E-state index is 13.6. The molecule has 0 aliphatic carbocycles. The van der Waals surface area contributed by atoms with Gasteiger partial charge in [0.2, 0.25) is 0 Å². The molecule has 0 aliphatic heterocycles. The first-order chi connectivity index (χ1) is 12.5. The average Bonchev–Trinajstić information content (AvgIpc) is 2.64. The Morgan fingerprint density at radius 1 is 1.15 bits per heavy atom. The number of carbonyl (C=O) groups excluding carboxylic acids is 1. The number of benzene rings is 2. The van der Waals surface area contributed by atoms with Crippen LogP contribution in [-0.2, 0) is 6.54 Å². The predicted molar refractivity (Wildman–Crippen MR) is 102 cm³/mol. The summed E-state index contributed by atoms with van der Waals surface area (Å²) in [6.07, 6.45) is 1.47. The van der Waals surface area contributed by atoms with E-state index in [4.69, 9.17) is 11.6 Å². The number of pyridine rings is 1. The molecule has 0 bridgehead atoms. The summed E-state index contributed by atoms with van der Waals surface area (Å²) in [5, 5.41) is 6.41. The Bertz CT molecular complexity index is 929. The van der Waals surface area contributed by atoms with Crippen molar-refractivity contribution in [3.8, 4) is 0 Å². The van der Waals surface area contributed by atoms with Gasteiger partial charge in [0, 0.05) is 29.0 Å². The van der Waals surface area contributed by atoms with Gasteiger partial charge < -0.3 is 10.6 Å². The van der Waals surface area contributed by atoms with Crippen molar-refractivity contribution in [3.63, 3.8) is 0 Å². The van der Waals surface area contributed by atoms with E-state index in [0.717, 1.165) is 5.56 Å². The lowest BCUT2D eigenvalue weighted by Crippen LogP contribution is -2.13. The fourth-order valence-electron chi connectivity index (χ4n) is 2.38. The van der Waals surface area contributed by atoms with Crippen LogP contribution in [0.25, 0.3) is 0 Å². The zero-order valence-electron chi connectivity index (χ0n) is 14.1. The highest BCUT2D eigenvalue weighted by molar-refractivity contribution is 6.31. The molecule has 132 valence electrons. The van der Waals surface area contributed by atoms with Gasteiger partial charge in [0.1, 0.15) is 11.6 Å². The quantitative estimate of drug-likeness (QED) is 0.662. The van der Waals surface area contributed by atoms with Crippen LogP contribution in [0.4, 0.5) is 15.9 Å². The molecule has 0 fully saturated rings. The number of rotatable bonds is 5. The topological polar surface area (TPSA) is 54.0 Å². The molecule has 4 nitrogen and oxygen atoms in total. The van der Waals surface area contributed by atoms with Crippen molar-refractivity contribution in [1.29, 1.82) is 0 Å². The molecular formula is C20H17ClFN3O. The van der Waals surface area contributed by atoms with E-state index in [1.165, 1.54) is 12.3 Å². The molecule has 1 heterocycles. The average molecular weight is 370 g/mol. The Morgan fingerprint density at radius 2 is 1.96 bits per heavy atom. The number of hydrogen-bond acceptors (Lipinski definition) is 3. The van der Waals surface area contributed by atoms with Crippen molar-refractivity contribution in [1.82, 2.24) is 4.98 Å². The molecule has 1 amide bonds. The molecular weight excluding hydrogens is 353 g/mol. The maximum Gasteiger partial charge on any atom is 0.257 e. The van der Waals surface area contributed by atoms with Gasteiger partial charge in [-0.3, -0.25) is 4.79 Å². The molecule has 0 atom stereocenters. The minimum Gasteiger partial charge on any atom is -0.366 e. The summed E-state index contributed by atoms with van der Waals surface area (Å²) in [4.78, 5) is 16.6. The summed E-state index contributed by atoms with van der Waals surface area (Å²) in [6.45, 7) is 2.20. The standard InChI is InChI=1S/C20H17ClFN3O/c1-13-6-8-16(21)10-18(13)25-20(26)15-7-9-19(24-12-15)23-11-14-4-2-3-5-17(14)22/h2-10,12H,11H2,1H3,(H,23,24)(H,25,26). The van der Waals surface area contributed by atoms with Gasteiger partial charge in [0.25, 0.3) is 5.91 Å². The second-order valence-corrected chi connectivity index (χ2v) is 6.23. The van der Waals surface area contributed by atoms with Crippen LogP contribution in [0.15, 0.2) is 60.8 Å². The van der Waals surface area contributed by atoms with E-state index in [1.54, 1.807) is 42.5 Å². The van der Waals surface area contributed by atoms with Crippen molar-refractivity contribution in [2.24, 2.45) is 0 Å². The first-order valence-corrected chi connectivity index (χ1v) is 8.41. The Kier molecular flexibility index (Phi) is 5.49. The minimum absolute atomic E-state index is 0.270. The monoisotopic (exact) mass is 369 g/mol. The molecule has 2 N–H and O–H groups in total. The SMILES string of the molecule is Cc1ccc(Cl)cc1NC(=O)c1ccc(NCc2ccccc2F)nc1. The predicted octanol–water partition coefficient (Wildman–Crippen LogP) is 5.05. The van der Waals surface area contributed by atoms with Crippen LogP contribution in [-0.4, -0.2) is 10.9 Å². The Balaban J connectivity index is 1.64. The third kappa shape index (κ3) is 4.37. The lowest BCUT2D eigenvalue weighted by atomic mass is 10.2. The van der Waals surface area contributed by atoms with Crippen LogP contribution in [0, 0.1) is 12.7 Å². The molecule has 0 saturated carbocycles. The summed E-state index contributed by atoms with van der Waals surface area (Å²) in [5.41, 5.74) is 2.54. The van der Waals surface area contributed by atoms with Gasteiger partial charge in [-0.25, -0.2) is 9.37 Å². The van der Waals surface area contributed by atoms with Gasteiger partial charge in [-0.1, -0.05) is 35.9 Å². The van der Waals surface area contributed by atoms with Crippen LogP contribution in [0.5, 0.6) is 0 Å². The number of anilines is 2. The Hall–Kier alpha value is -2.92. The van der Waals surface area contributed by atoms with Gasteiger partial charge in [0.05, 0.1) is 5.56 Å². The minimum atomic E-state index is -0.275. The van der Waals surface area contributed by atoms with E-state index in [9.17, 15) is 9.18 Å². The maximum absolute atomic E-state index is 13.6. The lowest BCUT2D eigenvalue weighted by Gasteiger charge is -2.10. The number of hydrogen-bond donors (Lipinski definition) is 2. The van der Waals surface area contributed by atoms with Crippen molar-refractivity contribution in [2.75, 3.05) is 10.6 Å². The molecule has 1 aromatic heterocycles. The molecule has 0 spiro atoms. The van der Waals surface area contributed by atoms with Crippen molar-refractivity contribution in [2.45, 2.75) is 13.5 Å². The molecule has 26 heavy (non-hydrogen) atoms. The molecule has 0 saturated heterocycles. The summed E-state index contributed by atoms with van der Waals surface area (Å²) in [5.74, 6) is 0.0140. The van der Waals surface area contributed by atoms with E-state index in [1.807, 2.05) is 13.0 Å². The molecule has 2 aromatic carbocycles. The molecule has 6 heteroatoms. The fraction of sp³-hybridized carbons (Fsp3) is 0.100. The van der Waals surface area contributed by atoms with Crippen LogP contribution < -0.4 is 10.6 Å². The number of halogens is 2. The van der Waals surface area contributed by atoms with Gasteiger partial charge in [-0.15, -0.1) is 0 Å². The van der Waals surface area contributed by atoms with Gasteiger partial charge >= 0.3 is 0 Å². The highest BCUT2D eigenvalue weighted by atomic mass is 35.5. The Morgan fingerprint density at radius 3 is 2.69 bits per heavy atom. The van der Waals surface area contributed by atoms with Gasteiger partial charge in [-0.05, 0) is 42.8 Å². The number of nitrogens with zero attached hydrogens (tertiary/aromatic N) is 1. The number of amides is 1. The highest BCUT2D eigenvalue weighted by Gasteiger charge is 2.09. The third-order valence-electron chi connectivity index (χ3n) is 3.89. The van der Waals surface area contributed by atoms with E-state index in [-0.39, 0.29) is 11.7 Å². The molecule has 3 aromatic rings. The van der Waals surface area contributed by atoms with Crippen molar-refractivity contribution >= 4 is 29.0 Å². The van der Waals surface area contributed by atoms with E-state index in [2.05, 4.69) is 15.6 Å². The second-order valence-electron chi connectivity index (χ2n) is 5.79. The van der Waals surface area contributed by atoms with E-state index >= 15 is 0 Å². The number of carbonyl (C=O) groups is 1.